The van der Waals surface area contributed by atoms with Gasteiger partial charge >= 0.3 is 0 Å². The minimum absolute atomic E-state index is 0.177. The highest BCUT2D eigenvalue weighted by molar-refractivity contribution is 9.10. The zero-order chi connectivity index (χ0) is 14.0. The first-order chi connectivity index (χ1) is 8.93. The van der Waals surface area contributed by atoms with E-state index in [2.05, 4.69) is 15.9 Å². The maximum absolute atomic E-state index is 12.5. The third-order valence-corrected chi connectivity index (χ3v) is 6.43. The van der Waals surface area contributed by atoms with Crippen LogP contribution in [-0.2, 0) is 10.0 Å². The van der Waals surface area contributed by atoms with Crippen molar-refractivity contribution >= 4 is 37.3 Å². The second kappa shape index (κ2) is 5.75. The van der Waals surface area contributed by atoms with Crippen LogP contribution in [-0.4, -0.2) is 19.8 Å². The van der Waals surface area contributed by atoms with Gasteiger partial charge in [-0.2, -0.15) is 4.31 Å². The van der Waals surface area contributed by atoms with E-state index in [-0.39, 0.29) is 6.04 Å². The van der Waals surface area contributed by atoms with Crippen molar-refractivity contribution < 1.29 is 8.42 Å². The van der Waals surface area contributed by atoms with E-state index in [1.165, 1.54) is 4.31 Å². The Morgan fingerprint density at radius 1 is 1.26 bits per heavy atom. The molecule has 0 amide bonds. The lowest BCUT2D eigenvalue weighted by atomic mass is 10.3. The zero-order valence-corrected chi connectivity index (χ0v) is 13.8. The molecule has 0 bridgehead atoms. The van der Waals surface area contributed by atoms with Gasteiger partial charge < -0.3 is 0 Å². The van der Waals surface area contributed by atoms with E-state index < -0.39 is 10.0 Å². The first-order valence-electron chi connectivity index (χ1n) is 5.70. The van der Waals surface area contributed by atoms with Crippen molar-refractivity contribution in [1.82, 2.24) is 4.31 Å². The van der Waals surface area contributed by atoms with E-state index >= 15 is 0 Å². The van der Waals surface area contributed by atoms with Crippen LogP contribution in [0.25, 0.3) is 0 Å². The second-order valence-corrected chi connectivity index (χ2v) is 8.06. The summed E-state index contributed by atoms with van der Waals surface area (Å²) in [6.45, 7) is 1.89. The van der Waals surface area contributed by atoms with Gasteiger partial charge in [-0.3, -0.25) is 0 Å². The largest absolute Gasteiger partial charge is 0.243 e. The SMILES string of the molecule is CC(c1cccs1)N(C)S(=O)(=O)c1cccc(Br)c1. The maximum Gasteiger partial charge on any atom is 0.243 e. The van der Waals surface area contributed by atoms with Gasteiger partial charge in [0, 0.05) is 16.4 Å². The van der Waals surface area contributed by atoms with E-state index in [1.54, 1.807) is 36.6 Å². The highest BCUT2D eigenvalue weighted by Crippen LogP contribution is 2.29. The zero-order valence-electron chi connectivity index (χ0n) is 10.6. The Kier molecular flexibility index (Phi) is 4.45. The number of benzene rings is 1. The van der Waals surface area contributed by atoms with Gasteiger partial charge in [-0.05, 0) is 36.6 Å². The number of hydrogen-bond donors (Lipinski definition) is 0. The Morgan fingerprint density at radius 2 is 2.00 bits per heavy atom. The molecule has 0 spiro atoms. The molecule has 1 heterocycles. The van der Waals surface area contributed by atoms with E-state index in [4.69, 9.17) is 0 Å². The lowest BCUT2D eigenvalue weighted by molar-refractivity contribution is 0.403. The molecule has 19 heavy (non-hydrogen) atoms. The number of rotatable bonds is 4. The van der Waals surface area contributed by atoms with Gasteiger partial charge in [-0.15, -0.1) is 11.3 Å². The van der Waals surface area contributed by atoms with Crippen LogP contribution in [0.1, 0.15) is 17.8 Å². The summed E-state index contributed by atoms with van der Waals surface area (Å²) in [5.41, 5.74) is 0. The van der Waals surface area contributed by atoms with E-state index in [0.29, 0.717) is 4.90 Å². The van der Waals surface area contributed by atoms with Crippen LogP contribution in [0.2, 0.25) is 0 Å². The summed E-state index contributed by atoms with van der Waals surface area (Å²) in [6.07, 6.45) is 0. The first kappa shape index (κ1) is 14.7. The van der Waals surface area contributed by atoms with Crippen LogP contribution in [0, 0.1) is 0 Å². The Balaban J connectivity index is 2.34. The van der Waals surface area contributed by atoms with Crippen molar-refractivity contribution in [3.63, 3.8) is 0 Å². The summed E-state index contributed by atoms with van der Waals surface area (Å²) in [6, 6.07) is 10.5. The van der Waals surface area contributed by atoms with Gasteiger partial charge in [0.05, 0.1) is 10.9 Å². The van der Waals surface area contributed by atoms with E-state index in [1.807, 2.05) is 30.5 Å². The third kappa shape index (κ3) is 3.08. The van der Waals surface area contributed by atoms with Crippen LogP contribution < -0.4 is 0 Å². The van der Waals surface area contributed by atoms with Gasteiger partial charge in [0.2, 0.25) is 10.0 Å². The monoisotopic (exact) mass is 359 g/mol. The van der Waals surface area contributed by atoms with Gasteiger partial charge in [0.25, 0.3) is 0 Å². The van der Waals surface area contributed by atoms with Crippen molar-refractivity contribution in [2.45, 2.75) is 17.9 Å². The molecule has 1 aromatic carbocycles. The van der Waals surface area contributed by atoms with Gasteiger partial charge in [-0.1, -0.05) is 28.1 Å². The van der Waals surface area contributed by atoms with Crippen molar-refractivity contribution in [3.05, 3.63) is 51.1 Å². The Labute approximate surface area is 126 Å². The molecule has 0 saturated carbocycles. The molecule has 0 aliphatic heterocycles. The lowest BCUT2D eigenvalue weighted by Gasteiger charge is -2.23. The molecule has 0 aliphatic rings. The molecular weight excluding hydrogens is 346 g/mol. The normalized spacial score (nSPS) is 13.7. The van der Waals surface area contributed by atoms with E-state index in [9.17, 15) is 8.42 Å². The van der Waals surface area contributed by atoms with Crippen LogP contribution in [0.5, 0.6) is 0 Å². The molecule has 1 atom stereocenters. The summed E-state index contributed by atoms with van der Waals surface area (Å²) in [7, 11) is -1.87. The molecule has 102 valence electrons. The summed E-state index contributed by atoms with van der Waals surface area (Å²) in [5, 5.41) is 1.95. The lowest BCUT2D eigenvalue weighted by Crippen LogP contribution is -2.29. The van der Waals surface area contributed by atoms with Crippen LogP contribution in [0.15, 0.2) is 51.1 Å². The fourth-order valence-corrected chi connectivity index (χ4v) is 4.54. The fourth-order valence-electron chi connectivity index (χ4n) is 1.71. The highest BCUT2D eigenvalue weighted by atomic mass is 79.9. The molecule has 2 aromatic rings. The summed E-state index contributed by atoms with van der Waals surface area (Å²) in [4.78, 5) is 1.33. The second-order valence-electron chi connectivity index (χ2n) is 4.17. The molecule has 1 unspecified atom stereocenters. The van der Waals surface area contributed by atoms with Crippen molar-refractivity contribution in [2.24, 2.45) is 0 Å². The summed E-state index contributed by atoms with van der Waals surface area (Å²) < 4.78 is 27.2. The Bertz CT molecular complexity index is 653. The molecule has 3 nitrogen and oxygen atoms in total. The Morgan fingerprint density at radius 3 is 2.58 bits per heavy atom. The molecule has 0 saturated heterocycles. The highest BCUT2D eigenvalue weighted by Gasteiger charge is 2.26. The first-order valence-corrected chi connectivity index (χ1v) is 8.81. The Hall–Kier alpha value is -0.690. The summed E-state index contributed by atoms with van der Waals surface area (Å²) >= 11 is 4.86. The molecule has 0 radical (unpaired) electrons. The molecule has 0 N–H and O–H groups in total. The van der Waals surface area contributed by atoms with Crippen molar-refractivity contribution in [2.75, 3.05) is 7.05 Å². The molecule has 0 aliphatic carbocycles. The minimum atomic E-state index is -3.48. The number of nitrogens with zero attached hydrogens (tertiary/aromatic N) is 1. The maximum atomic E-state index is 12.5. The molecular formula is C13H14BrNO2S2. The average Bonchev–Trinajstić information content (AvgIpc) is 2.90. The number of thiophene rings is 1. The van der Waals surface area contributed by atoms with Crippen molar-refractivity contribution in [1.29, 1.82) is 0 Å². The third-order valence-electron chi connectivity index (χ3n) is 2.97. The number of hydrogen-bond acceptors (Lipinski definition) is 3. The predicted molar refractivity (Wildman–Crippen MR) is 81.8 cm³/mol. The van der Waals surface area contributed by atoms with E-state index in [0.717, 1.165) is 9.35 Å². The standard InChI is InChI=1S/C13H14BrNO2S2/c1-10(13-7-4-8-18-13)15(2)19(16,17)12-6-3-5-11(14)9-12/h3-10H,1-2H3. The van der Waals surface area contributed by atoms with Crippen LogP contribution in [0.4, 0.5) is 0 Å². The molecule has 2 rings (SSSR count). The molecule has 1 aromatic heterocycles. The van der Waals surface area contributed by atoms with Gasteiger partial charge in [0.15, 0.2) is 0 Å². The molecule has 6 heteroatoms. The van der Waals surface area contributed by atoms with Gasteiger partial charge in [0.1, 0.15) is 0 Å². The topological polar surface area (TPSA) is 37.4 Å². The van der Waals surface area contributed by atoms with Crippen molar-refractivity contribution in [3.8, 4) is 0 Å². The number of sulfonamides is 1. The quantitative estimate of drug-likeness (QED) is 0.830. The molecule has 0 fully saturated rings. The van der Waals surface area contributed by atoms with Crippen LogP contribution in [0.3, 0.4) is 0 Å². The minimum Gasteiger partial charge on any atom is -0.207 e. The van der Waals surface area contributed by atoms with Gasteiger partial charge in [-0.25, -0.2) is 8.42 Å². The smallest absolute Gasteiger partial charge is 0.207 e. The summed E-state index contributed by atoms with van der Waals surface area (Å²) in [5.74, 6) is 0. The predicted octanol–water partition coefficient (Wildman–Crippen LogP) is 3.89. The average molecular weight is 360 g/mol. The number of halogens is 1. The fraction of sp³-hybridized carbons (Fsp3) is 0.231. The van der Waals surface area contributed by atoms with Crippen LogP contribution >= 0.6 is 27.3 Å².